The molecule has 2 aliphatic heterocycles. The molecular weight excluding hydrogens is 616 g/mol. The number of halogens is 4. The summed E-state index contributed by atoms with van der Waals surface area (Å²) in [5.74, 6) is -9.29. The molecule has 0 radical (unpaired) electrons. The number of nitrogens with zero attached hydrogens (tertiary/aromatic N) is 2. The molecule has 2 aromatic heterocycles. The minimum Gasteiger partial charge on any atom is -0.271 e. The Morgan fingerprint density at radius 1 is 0.591 bits per heavy atom. The minimum absolute atomic E-state index is 0.0452. The number of amides is 4. The lowest BCUT2D eigenvalue weighted by molar-refractivity contribution is 0.0573. The smallest absolute Gasteiger partial charge is 0.271 e. The van der Waals surface area contributed by atoms with Crippen molar-refractivity contribution in [3.8, 4) is 20.9 Å². The van der Waals surface area contributed by atoms with Gasteiger partial charge in [-0.1, -0.05) is 52.4 Å². The molecule has 12 heteroatoms. The maximum Gasteiger partial charge on any atom is 0.271 e. The predicted octanol–water partition coefficient (Wildman–Crippen LogP) is 8.83. The van der Waals surface area contributed by atoms with E-state index in [0.29, 0.717) is 35.5 Å². The van der Waals surface area contributed by atoms with E-state index in [-0.39, 0.29) is 42.7 Å². The molecule has 234 valence electrons. The number of hydrogen-bond donors (Lipinski definition) is 0. The van der Waals surface area contributed by atoms with Crippen molar-refractivity contribution in [2.75, 3.05) is 0 Å². The second-order valence-corrected chi connectivity index (χ2v) is 13.5. The Morgan fingerprint density at radius 2 is 0.932 bits per heavy atom. The summed E-state index contributed by atoms with van der Waals surface area (Å²) < 4.78 is 62.0. The first kappa shape index (κ1) is 32.0. The molecule has 0 spiro atoms. The number of rotatable bonds is 12. The first-order valence-corrected chi connectivity index (χ1v) is 16.5. The molecule has 0 fully saturated rings. The van der Waals surface area contributed by atoms with Crippen LogP contribution in [-0.2, 0) is 0 Å². The van der Waals surface area contributed by atoms with Crippen molar-refractivity contribution in [2.24, 2.45) is 0 Å². The molecule has 6 nitrogen and oxygen atoms in total. The van der Waals surface area contributed by atoms with Crippen molar-refractivity contribution in [1.82, 2.24) is 9.80 Å². The van der Waals surface area contributed by atoms with E-state index in [1.54, 1.807) is 13.8 Å². The van der Waals surface area contributed by atoms with Crippen LogP contribution in [0.5, 0.6) is 0 Å². The summed E-state index contributed by atoms with van der Waals surface area (Å²) in [6.07, 6.45) is 6.67. The first-order valence-electron chi connectivity index (χ1n) is 14.8. The number of unbranched alkanes of at least 4 members (excludes halogenated alkanes) is 4. The van der Waals surface area contributed by atoms with Crippen LogP contribution < -0.4 is 0 Å². The Hall–Kier alpha value is -3.38. The molecule has 2 unspecified atom stereocenters. The van der Waals surface area contributed by atoms with Gasteiger partial charge in [-0.2, -0.15) is 0 Å². The highest BCUT2D eigenvalue weighted by molar-refractivity contribution is 7.18. The third-order valence-electron chi connectivity index (χ3n) is 8.28. The van der Waals surface area contributed by atoms with E-state index in [4.69, 9.17) is 0 Å². The van der Waals surface area contributed by atoms with Gasteiger partial charge in [0.15, 0.2) is 23.3 Å². The van der Waals surface area contributed by atoms with Crippen molar-refractivity contribution in [3.63, 3.8) is 0 Å². The quantitative estimate of drug-likeness (QED) is 0.0852. The van der Waals surface area contributed by atoms with Crippen LogP contribution in [0, 0.1) is 23.3 Å². The summed E-state index contributed by atoms with van der Waals surface area (Å²) in [6.45, 7) is 7.56. The van der Waals surface area contributed by atoms with Gasteiger partial charge in [-0.25, -0.2) is 17.6 Å². The zero-order valence-corrected chi connectivity index (χ0v) is 26.5. The Balaban J connectivity index is 1.45. The Kier molecular flexibility index (Phi) is 9.13. The van der Waals surface area contributed by atoms with Crippen LogP contribution >= 0.6 is 22.7 Å². The summed E-state index contributed by atoms with van der Waals surface area (Å²) in [5.41, 5.74) is -2.20. The molecule has 2 aliphatic rings. The molecule has 3 aromatic rings. The van der Waals surface area contributed by atoms with Gasteiger partial charge in [0.25, 0.3) is 23.6 Å². The van der Waals surface area contributed by atoms with Crippen LogP contribution in [0.15, 0.2) is 12.1 Å². The van der Waals surface area contributed by atoms with Crippen molar-refractivity contribution >= 4 is 46.3 Å². The van der Waals surface area contributed by atoms with E-state index in [0.717, 1.165) is 60.5 Å². The van der Waals surface area contributed by atoms with Crippen LogP contribution in [0.4, 0.5) is 17.6 Å². The van der Waals surface area contributed by atoms with Gasteiger partial charge in [-0.3, -0.25) is 29.0 Å². The summed E-state index contributed by atoms with van der Waals surface area (Å²) in [7, 11) is 0. The lowest BCUT2D eigenvalue weighted by atomic mass is 10.0. The van der Waals surface area contributed by atoms with Gasteiger partial charge in [0.05, 0.1) is 22.3 Å². The molecule has 0 bridgehead atoms. The predicted molar refractivity (Wildman–Crippen MR) is 161 cm³/mol. The van der Waals surface area contributed by atoms with Gasteiger partial charge in [-0.05, 0) is 38.8 Å². The molecule has 5 rings (SSSR count). The topological polar surface area (TPSA) is 74.8 Å². The maximum atomic E-state index is 15.5. The summed E-state index contributed by atoms with van der Waals surface area (Å²) in [4.78, 5) is 53.7. The molecule has 4 amide bonds. The zero-order valence-electron chi connectivity index (χ0n) is 24.8. The number of hydrogen-bond acceptors (Lipinski definition) is 6. The third-order valence-corrected chi connectivity index (χ3v) is 10.6. The molecule has 0 N–H and O–H groups in total. The van der Waals surface area contributed by atoms with E-state index in [9.17, 15) is 19.2 Å². The molecule has 44 heavy (non-hydrogen) atoms. The van der Waals surface area contributed by atoms with Crippen LogP contribution in [-0.4, -0.2) is 45.5 Å². The molecule has 0 saturated heterocycles. The van der Waals surface area contributed by atoms with Crippen molar-refractivity contribution in [2.45, 2.75) is 91.1 Å². The zero-order chi connectivity index (χ0) is 32.0. The number of carbonyl (C=O) groups is 4. The first-order chi connectivity index (χ1) is 20.9. The lowest BCUT2D eigenvalue weighted by Crippen LogP contribution is -2.38. The van der Waals surface area contributed by atoms with Crippen LogP contribution in [0.1, 0.15) is 119 Å². The maximum absolute atomic E-state index is 15.5. The number of fused-ring (bicyclic) bond motifs is 2. The third kappa shape index (κ3) is 5.19. The molecule has 1 aromatic carbocycles. The van der Waals surface area contributed by atoms with Gasteiger partial charge >= 0.3 is 0 Å². The highest BCUT2D eigenvalue weighted by atomic mass is 32.1. The minimum atomic E-state index is -1.71. The summed E-state index contributed by atoms with van der Waals surface area (Å²) >= 11 is 1.19. The van der Waals surface area contributed by atoms with Gasteiger partial charge in [0.2, 0.25) is 0 Å². The van der Waals surface area contributed by atoms with Gasteiger partial charge in [0, 0.05) is 21.8 Å². The van der Waals surface area contributed by atoms with E-state index in [1.807, 2.05) is 13.8 Å². The largest absolute Gasteiger partial charge is 0.271 e. The highest BCUT2D eigenvalue weighted by Gasteiger charge is 2.43. The Morgan fingerprint density at radius 3 is 1.23 bits per heavy atom. The Bertz CT molecular complexity index is 1460. The highest BCUT2D eigenvalue weighted by Crippen LogP contribution is 2.45. The normalized spacial score (nSPS) is 15.9. The van der Waals surface area contributed by atoms with Crippen molar-refractivity contribution in [3.05, 3.63) is 56.3 Å². The summed E-state index contributed by atoms with van der Waals surface area (Å²) in [6, 6.07) is 1.42. The second-order valence-electron chi connectivity index (χ2n) is 11.4. The molecule has 4 heterocycles. The standard InChI is InChI=1S/C32H32F4N2O4S2/c1-5-7-9-11-15(3)37-29(39)17-13-19(43-27(17)31(37)41)21-23(33)25(35)22(26(36)24(21)34)20-14-18-28(44-20)32(42)38(30(18)40)16(4)12-10-8-6-2/h13-16H,5-12H2,1-4H3. The van der Waals surface area contributed by atoms with E-state index in [2.05, 4.69) is 0 Å². The van der Waals surface area contributed by atoms with Crippen LogP contribution in [0.3, 0.4) is 0 Å². The monoisotopic (exact) mass is 648 g/mol. The average molecular weight is 649 g/mol. The fourth-order valence-corrected chi connectivity index (χ4v) is 8.07. The fourth-order valence-electron chi connectivity index (χ4n) is 5.83. The van der Waals surface area contributed by atoms with Crippen molar-refractivity contribution in [1.29, 1.82) is 0 Å². The van der Waals surface area contributed by atoms with Gasteiger partial charge in [0.1, 0.15) is 9.75 Å². The summed E-state index contributed by atoms with van der Waals surface area (Å²) in [5, 5.41) is 0. The van der Waals surface area contributed by atoms with Crippen LogP contribution in [0.25, 0.3) is 20.9 Å². The lowest BCUT2D eigenvalue weighted by Gasteiger charge is -2.22. The fraction of sp³-hybridized carbons (Fsp3) is 0.438. The number of carbonyl (C=O) groups excluding carboxylic acids is 4. The van der Waals surface area contributed by atoms with E-state index >= 15 is 17.6 Å². The number of imide groups is 2. The van der Waals surface area contributed by atoms with Gasteiger partial charge in [-0.15, -0.1) is 22.7 Å². The molecular formula is C32H32F4N2O4S2. The SMILES string of the molecule is CCCCCC(C)N1C(=O)c2cc(-c3c(F)c(F)c(-c4cc5c(s4)C(=O)N(C(C)CCCCC)C5=O)c(F)c3F)sc2C1=O. The van der Waals surface area contributed by atoms with Crippen LogP contribution in [0.2, 0.25) is 0 Å². The number of benzene rings is 1. The van der Waals surface area contributed by atoms with E-state index < -0.39 is 58.0 Å². The average Bonchev–Trinajstić information content (AvgIpc) is 3.71. The number of thiophene rings is 2. The second kappa shape index (κ2) is 12.5. The van der Waals surface area contributed by atoms with Gasteiger partial charge < -0.3 is 0 Å². The molecule has 0 saturated carbocycles. The molecule has 2 atom stereocenters. The Labute approximate surface area is 260 Å². The van der Waals surface area contributed by atoms with E-state index in [1.165, 1.54) is 0 Å². The molecule has 0 aliphatic carbocycles. The van der Waals surface area contributed by atoms with Crippen molar-refractivity contribution < 1.29 is 36.7 Å².